The highest BCUT2D eigenvalue weighted by molar-refractivity contribution is 5.99. The standard InChI is InChI=1S/C25H25F4N7O2/c26-18-4-5-19(34-20(18)24(38)7-1-8-24)35-21-17(22(37)32-13-25(27,28)29)12-31-23(36-21)33-16-3-2-14-6-9-30-11-15(14)10-16/h2-5,10,12,30,38H,1,6-9,11,13H2,(H,32,37)(H2,31,33,34,35,36). The van der Waals surface area contributed by atoms with Gasteiger partial charge in [-0.1, -0.05) is 6.07 Å². The van der Waals surface area contributed by atoms with Crippen molar-refractivity contribution in [1.29, 1.82) is 0 Å². The number of hydrogen-bond donors (Lipinski definition) is 5. The average Bonchev–Trinajstić information content (AvgIpc) is 2.87. The number of fused-ring (bicyclic) bond motifs is 1. The molecule has 1 aromatic carbocycles. The predicted molar refractivity (Wildman–Crippen MR) is 131 cm³/mol. The second-order valence-electron chi connectivity index (χ2n) is 9.33. The topological polar surface area (TPSA) is 124 Å². The van der Waals surface area contributed by atoms with Crippen LogP contribution in [0.25, 0.3) is 0 Å². The van der Waals surface area contributed by atoms with E-state index in [9.17, 15) is 27.5 Å². The first-order chi connectivity index (χ1) is 18.1. The van der Waals surface area contributed by atoms with Crippen LogP contribution >= 0.6 is 0 Å². The number of carbonyl (C=O) groups is 1. The molecule has 5 N–H and O–H groups in total. The van der Waals surface area contributed by atoms with Gasteiger partial charge in [-0.15, -0.1) is 0 Å². The summed E-state index contributed by atoms with van der Waals surface area (Å²) in [6, 6.07) is 8.19. The Bertz CT molecular complexity index is 1360. The number of nitrogens with zero attached hydrogens (tertiary/aromatic N) is 3. The second kappa shape index (κ2) is 10.1. The van der Waals surface area contributed by atoms with Crippen LogP contribution in [0.1, 0.15) is 46.4 Å². The van der Waals surface area contributed by atoms with Crippen molar-refractivity contribution in [3.8, 4) is 0 Å². The van der Waals surface area contributed by atoms with E-state index in [2.05, 4.69) is 30.9 Å². The number of benzene rings is 1. The quantitative estimate of drug-likeness (QED) is 0.292. The van der Waals surface area contributed by atoms with E-state index in [4.69, 9.17) is 0 Å². The summed E-state index contributed by atoms with van der Waals surface area (Å²) in [6.07, 6.45) is -1.19. The molecule has 0 radical (unpaired) electrons. The van der Waals surface area contributed by atoms with E-state index in [-0.39, 0.29) is 28.8 Å². The summed E-state index contributed by atoms with van der Waals surface area (Å²) in [5, 5.41) is 21.5. The number of hydrogen-bond acceptors (Lipinski definition) is 8. The zero-order chi connectivity index (χ0) is 26.9. The number of nitrogens with one attached hydrogen (secondary N) is 4. The number of aliphatic hydroxyl groups is 1. The average molecular weight is 532 g/mol. The number of amides is 1. The molecule has 2 aliphatic rings. The molecule has 2 aromatic heterocycles. The van der Waals surface area contributed by atoms with Gasteiger partial charge < -0.3 is 26.4 Å². The van der Waals surface area contributed by atoms with Gasteiger partial charge in [0.25, 0.3) is 5.91 Å². The van der Waals surface area contributed by atoms with E-state index in [1.807, 2.05) is 18.2 Å². The van der Waals surface area contributed by atoms with Gasteiger partial charge >= 0.3 is 6.18 Å². The molecule has 0 unspecified atom stereocenters. The van der Waals surface area contributed by atoms with Gasteiger partial charge in [0.2, 0.25) is 5.95 Å². The van der Waals surface area contributed by atoms with Crippen LogP contribution in [0.2, 0.25) is 0 Å². The third-order valence-corrected chi connectivity index (χ3v) is 6.55. The fourth-order valence-electron chi connectivity index (χ4n) is 4.37. The van der Waals surface area contributed by atoms with Crippen molar-refractivity contribution in [3.63, 3.8) is 0 Å². The molecule has 1 saturated carbocycles. The highest BCUT2D eigenvalue weighted by Crippen LogP contribution is 2.41. The molecule has 13 heteroatoms. The molecule has 0 atom stereocenters. The van der Waals surface area contributed by atoms with Gasteiger partial charge in [-0.2, -0.15) is 18.2 Å². The zero-order valence-electron chi connectivity index (χ0n) is 20.1. The van der Waals surface area contributed by atoms with E-state index in [1.54, 1.807) is 5.32 Å². The van der Waals surface area contributed by atoms with Crippen molar-refractivity contribution >= 4 is 29.2 Å². The van der Waals surface area contributed by atoms with Crippen molar-refractivity contribution in [3.05, 3.63) is 64.7 Å². The Balaban J connectivity index is 1.45. The zero-order valence-corrected chi connectivity index (χ0v) is 20.1. The number of carbonyl (C=O) groups excluding carboxylic acids is 1. The van der Waals surface area contributed by atoms with Crippen LogP contribution < -0.4 is 21.3 Å². The number of halogens is 4. The normalized spacial score (nSPS) is 16.2. The van der Waals surface area contributed by atoms with Crippen LogP contribution in [0.3, 0.4) is 0 Å². The minimum absolute atomic E-state index is 0.0519. The largest absolute Gasteiger partial charge is 0.405 e. The third kappa shape index (κ3) is 5.68. The van der Waals surface area contributed by atoms with Crippen LogP contribution in [0.4, 0.5) is 40.8 Å². The van der Waals surface area contributed by atoms with E-state index in [1.165, 1.54) is 11.6 Å². The molecule has 1 amide bonds. The summed E-state index contributed by atoms with van der Waals surface area (Å²) < 4.78 is 52.5. The Hall–Kier alpha value is -3.84. The number of pyridine rings is 1. The van der Waals surface area contributed by atoms with Gasteiger partial charge in [0.15, 0.2) is 0 Å². The van der Waals surface area contributed by atoms with Crippen LogP contribution in [0.5, 0.6) is 0 Å². The number of anilines is 4. The molecule has 0 saturated heterocycles. The number of rotatable bonds is 7. The minimum atomic E-state index is -4.61. The molecular formula is C25H25F4N7O2. The number of alkyl halides is 3. The first kappa shape index (κ1) is 25.8. The van der Waals surface area contributed by atoms with Crippen molar-refractivity contribution in [2.75, 3.05) is 23.7 Å². The fraction of sp³-hybridized carbons (Fsp3) is 0.360. The van der Waals surface area contributed by atoms with E-state index < -0.39 is 30.0 Å². The molecule has 1 aliphatic carbocycles. The SMILES string of the molecule is O=C(NCC(F)(F)F)c1cnc(Nc2ccc3c(c2)CNCC3)nc1Nc1ccc(F)c(C2(O)CCC2)n1. The van der Waals surface area contributed by atoms with Crippen LogP contribution in [-0.2, 0) is 18.6 Å². The van der Waals surface area contributed by atoms with Crippen molar-refractivity contribution in [2.45, 2.75) is 44.0 Å². The van der Waals surface area contributed by atoms with Crippen molar-refractivity contribution in [1.82, 2.24) is 25.6 Å². The van der Waals surface area contributed by atoms with Crippen molar-refractivity contribution < 1.29 is 27.5 Å². The fourth-order valence-corrected chi connectivity index (χ4v) is 4.37. The lowest BCUT2D eigenvalue weighted by atomic mass is 9.77. The summed E-state index contributed by atoms with van der Waals surface area (Å²) in [6.45, 7) is 0.0640. The summed E-state index contributed by atoms with van der Waals surface area (Å²) >= 11 is 0. The monoisotopic (exact) mass is 531 g/mol. The minimum Gasteiger partial charge on any atom is -0.383 e. The Kier molecular flexibility index (Phi) is 6.88. The number of aromatic nitrogens is 3. The molecule has 0 spiro atoms. The van der Waals surface area contributed by atoms with Gasteiger partial charge in [-0.3, -0.25) is 4.79 Å². The van der Waals surface area contributed by atoms with Crippen molar-refractivity contribution in [2.24, 2.45) is 0 Å². The summed E-state index contributed by atoms with van der Waals surface area (Å²) in [5.74, 6) is -1.77. The molecule has 3 aromatic rings. The Morgan fingerprint density at radius 1 is 1.11 bits per heavy atom. The second-order valence-corrected chi connectivity index (χ2v) is 9.33. The lowest BCUT2D eigenvalue weighted by Crippen LogP contribution is -2.36. The summed E-state index contributed by atoms with van der Waals surface area (Å²) in [5.41, 5.74) is 1.20. The molecular weight excluding hydrogens is 506 g/mol. The maximum absolute atomic E-state index is 14.4. The molecule has 1 aliphatic heterocycles. The Morgan fingerprint density at radius 2 is 1.92 bits per heavy atom. The van der Waals surface area contributed by atoms with Crippen LogP contribution in [0.15, 0.2) is 36.5 Å². The maximum atomic E-state index is 14.4. The van der Waals surface area contributed by atoms with E-state index >= 15 is 0 Å². The van der Waals surface area contributed by atoms with Gasteiger partial charge in [0.05, 0.1) is 0 Å². The van der Waals surface area contributed by atoms with Crippen LogP contribution in [0, 0.1) is 5.82 Å². The first-order valence-corrected chi connectivity index (χ1v) is 12.1. The molecule has 3 heterocycles. The summed E-state index contributed by atoms with van der Waals surface area (Å²) in [4.78, 5) is 25.2. The van der Waals surface area contributed by atoms with Gasteiger partial charge in [0, 0.05) is 18.4 Å². The summed E-state index contributed by atoms with van der Waals surface area (Å²) in [7, 11) is 0. The molecule has 1 fully saturated rings. The smallest absolute Gasteiger partial charge is 0.383 e. The van der Waals surface area contributed by atoms with E-state index in [0.29, 0.717) is 25.1 Å². The van der Waals surface area contributed by atoms with Crippen LogP contribution in [-0.4, -0.2) is 45.2 Å². The lowest BCUT2D eigenvalue weighted by molar-refractivity contribution is -0.123. The maximum Gasteiger partial charge on any atom is 0.405 e. The van der Waals surface area contributed by atoms with Gasteiger partial charge in [-0.05, 0) is 67.6 Å². The third-order valence-electron chi connectivity index (χ3n) is 6.55. The van der Waals surface area contributed by atoms with Gasteiger partial charge in [0.1, 0.15) is 40.9 Å². The predicted octanol–water partition coefficient (Wildman–Crippen LogP) is 3.81. The highest BCUT2D eigenvalue weighted by Gasteiger charge is 2.40. The Morgan fingerprint density at radius 3 is 2.66 bits per heavy atom. The van der Waals surface area contributed by atoms with Gasteiger partial charge in [-0.25, -0.2) is 14.4 Å². The molecule has 5 rings (SSSR count). The lowest BCUT2D eigenvalue weighted by Gasteiger charge is -2.36. The Labute approximate surface area is 215 Å². The highest BCUT2D eigenvalue weighted by atomic mass is 19.4. The van der Waals surface area contributed by atoms with E-state index in [0.717, 1.165) is 37.2 Å². The molecule has 38 heavy (non-hydrogen) atoms. The molecule has 200 valence electrons. The molecule has 0 bridgehead atoms. The molecule has 9 nitrogen and oxygen atoms in total. The first-order valence-electron chi connectivity index (χ1n) is 12.1.